The van der Waals surface area contributed by atoms with Crippen molar-refractivity contribution >= 4 is 17.4 Å². The summed E-state index contributed by atoms with van der Waals surface area (Å²) in [6, 6.07) is 9.70. The zero-order chi connectivity index (χ0) is 20.8. The second-order valence-electron chi connectivity index (χ2n) is 6.64. The van der Waals surface area contributed by atoms with E-state index in [4.69, 9.17) is 9.47 Å². The summed E-state index contributed by atoms with van der Waals surface area (Å²) in [5.74, 6) is -0.969. The van der Waals surface area contributed by atoms with E-state index < -0.39 is 17.7 Å². The fraction of sp³-hybridized carbons (Fsp3) is 0.318. The maximum absolute atomic E-state index is 12.8. The minimum Gasteiger partial charge on any atom is -0.507 e. The van der Waals surface area contributed by atoms with Crippen LogP contribution < -0.4 is 4.74 Å². The molecule has 0 saturated carbocycles. The van der Waals surface area contributed by atoms with Crippen molar-refractivity contribution < 1.29 is 24.2 Å². The van der Waals surface area contributed by atoms with Gasteiger partial charge >= 0.3 is 0 Å². The first kappa shape index (κ1) is 20.5. The first-order valence-electron chi connectivity index (χ1n) is 9.49. The molecule has 0 radical (unpaired) electrons. The topological polar surface area (TPSA) is 89.0 Å². The van der Waals surface area contributed by atoms with Crippen LogP contribution in [0.1, 0.15) is 30.5 Å². The highest BCUT2D eigenvalue weighted by molar-refractivity contribution is 6.46. The van der Waals surface area contributed by atoms with Gasteiger partial charge in [-0.05, 0) is 36.2 Å². The van der Waals surface area contributed by atoms with Crippen LogP contribution in [0.2, 0.25) is 0 Å². The fourth-order valence-electron chi connectivity index (χ4n) is 3.31. The number of methoxy groups -OCH3 is 1. The molecule has 1 aromatic heterocycles. The van der Waals surface area contributed by atoms with Crippen molar-refractivity contribution in [2.45, 2.75) is 19.4 Å². The third kappa shape index (κ3) is 4.30. The van der Waals surface area contributed by atoms with Crippen LogP contribution in [0.4, 0.5) is 0 Å². The van der Waals surface area contributed by atoms with E-state index in [1.807, 2.05) is 25.1 Å². The summed E-state index contributed by atoms with van der Waals surface area (Å²) in [4.78, 5) is 30.9. The Hall–Kier alpha value is -3.19. The Bertz CT molecular complexity index is 910. The van der Waals surface area contributed by atoms with Crippen molar-refractivity contribution in [2.75, 3.05) is 26.9 Å². The highest BCUT2D eigenvalue weighted by Crippen LogP contribution is 2.40. The quantitative estimate of drug-likeness (QED) is 0.419. The van der Waals surface area contributed by atoms with Crippen molar-refractivity contribution in [3.05, 3.63) is 65.5 Å². The van der Waals surface area contributed by atoms with Crippen molar-refractivity contribution in [2.24, 2.45) is 0 Å². The summed E-state index contributed by atoms with van der Waals surface area (Å²) in [5.41, 5.74) is 1.16. The highest BCUT2D eigenvalue weighted by atomic mass is 16.5. The molecule has 1 N–H and O–H groups in total. The van der Waals surface area contributed by atoms with Gasteiger partial charge in [-0.15, -0.1) is 0 Å². The zero-order valence-corrected chi connectivity index (χ0v) is 16.5. The number of ketones is 1. The Morgan fingerprint density at radius 3 is 2.62 bits per heavy atom. The number of pyridine rings is 1. The number of nitrogens with zero attached hydrogens (tertiary/aromatic N) is 2. The molecule has 0 aliphatic carbocycles. The van der Waals surface area contributed by atoms with E-state index in [0.717, 1.165) is 6.42 Å². The number of aliphatic hydroxyl groups is 1. The summed E-state index contributed by atoms with van der Waals surface area (Å²) in [5, 5.41) is 10.9. The minimum atomic E-state index is -0.733. The standard InChI is InChI=1S/C22H24N2O5/c1-3-12-29-17-6-4-5-16(14-17)19-18(20(25)15-7-9-23-10-8-15)21(26)22(27)24(19)11-13-28-2/h4-10,14,19,25H,3,11-13H2,1-2H3/b20-18-. The second kappa shape index (κ2) is 9.34. The van der Waals surface area contributed by atoms with E-state index >= 15 is 0 Å². The van der Waals surface area contributed by atoms with E-state index in [-0.39, 0.29) is 24.5 Å². The first-order valence-corrected chi connectivity index (χ1v) is 9.49. The average molecular weight is 396 g/mol. The van der Waals surface area contributed by atoms with Crippen LogP contribution in [0.5, 0.6) is 5.75 Å². The lowest BCUT2D eigenvalue weighted by Gasteiger charge is -2.25. The molecule has 0 spiro atoms. The van der Waals surface area contributed by atoms with Crippen LogP contribution in [-0.2, 0) is 14.3 Å². The van der Waals surface area contributed by atoms with Crippen LogP contribution >= 0.6 is 0 Å². The van der Waals surface area contributed by atoms with Crippen molar-refractivity contribution in [3.63, 3.8) is 0 Å². The van der Waals surface area contributed by atoms with E-state index in [0.29, 0.717) is 23.5 Å². The smallest absolute Gasteiger partial charge is 0.295 e. The lowest BCUT2D eigenvalue weighted by atomic mass is 9.95. The number of carbonyl (C=O) groups excluding carboxylic acids is 2. The number of ether oxygens (including phenoxy) is 2. The monoisotopic (exact) mass is 396 g/mol. The predicted molar refractivity (Wildman–Crippen MR) is 107 cm³/mol. The molecule has 1 fully saturated rings. The first-order chi connectivity index (χ1) is 14.1. The van der Waals surface area contributed by atoms with Gasteiger partial charge in [0.2, 0.25) is 0 Å². The van der Waals surface area contributed by atoms with Gasteiger partial charge in [0.15, 0.2) is 0 Å². The molecular formula is C22H24N2O5. The van der Waals surface area contributed by atoms with Gasteiger partial charge in [0, 0.05) is 31.6 Å². The third-order valence-electron chi connectivity index (χ3n) is 4.68. The normalized spacial score (nSPS) is 18.3. The summed E-state index contributed by atoms with van der Waals surface area (Å²) in [7, 11) is 1.53. The fourth-order valence-corrected chi connectivity index (χ4v) is 3.31. The van der Waals surface area contributed by atoms with E-state index in [9.17, 15) is 14.7 Å². The van der Waals surface area contributed by atoms with E-state index in [1.165, 1.54) is 24.4 Å². The maximum Gasteiger partial charge on any atom is 0.295 e. The maximum atomic E-state index is 12.8. The van der Waals surface area contributed by atoms with E-state index in [2.05, 4.69) is 4.98 Å². The largest absolute Gasteiger partial charge is 0.507 e. The summed E-state index contributed by atoms with van der Waals surface area (Å²) >= 11 is 0. The summed E-state index contributed by atoms with van der Waals surface area (Å²) < 4.78 is 10.8. The summed E-state index contributed by atoms with van der Waals surface area (Å²) in [6.07, 6.45) is 3.90. The SMILES string of the molecule is CCCOc1cccc(C2/C(=C(/O)c3ccncc3)C(=O)C(=O)N2CCOC)c1. The number of rotatable bonds is 8. The Kier molecular flexibility index (Phi) is 6.61. The molecule has 2 heterocycles. The van der Waals surface area contributed by atoms with Gasteiger partial charge in [-0.25, -0.2) is 0 Å². The number of amides is 1. The summed E-state index contributed by atoms with van der Waals surface area (Å²) in [6.45, 7) is 3.06. The minimum absolute atomic E-state index is 0.0462. The Balaban J connectivity index is 2.11. The molecule has 1 aliphatic rings. The molecule has 1 saturated heterocycles. The molecule has 7 nitrogen and oxygen atoms in total. The average Bonchev–Trinajstić information content (AvgIpc) is 3.01. The Morgan fingerprint density at radius 1 is 1.17 bits per heavy atom. The molecule has 29 heavy (non-hydrogen) atoms. The van der Waals surface area contributed by atoms with Crippen LogP contribution in [0.15, 0.2) is 54.4 Å². The van der Waals surface area contributed by atoms with Gasteiger partial charge in [-0.1, -0.05) is 19.1 Å². The lowest BCUT2D eigenvalue weighted by molar-refractivity contribution is -0.140. The number of likely N-dealkylation sites (tertiary alicyclic amines) is 1. The predicted octanol–water partition coefficient (Wildman–Crippen LogP) is 2.94. The molecule has 7 heteroatoms. The van der Waals surface area contributed by atoms with Gasteiger partial charge in [-0.3, -0.25) is 14.6 Å². The van der Waals surface area contributed by atoms with Crippen LogP contribution in [0.3, 0.4) is 0 Å². The van der Waals surface area contributed by atoms with Gasteiger partial charge < -0.3 is 19.5 Å². The molecule has 3 rings (SSSR count). The van der Waals surface area contributed by atoms with Crippen LogP contribution in [-0.4, -0.2) is 53.5 Å². The number of aromatic nitrogens is 1. The van der Waals surface area contributed by atoms with Crippen molar-refractivity contribution in [1.82, 2.24) is 9.88 Å². The second-order valence-corrected chi connectivity index (χ2v) is 6.64. The van der Waals surface area contributed by atoms with Gasteiger partial charge in [0.05, 0.1) is 24.8 Å². The third-order valence-corrected chi connectivity index (χ3v) is 4.68. The van der Waals surface area contributed by atoms with Crippen LogP contribution in [0, 0.1) is 0 Å². The molecule has 0 bridgehead atoms. The van der Waals surface area contributed by atoms with Crippen molar-refractivity contribution in [3.8, 4) is 5.75 Å². The van der Waals surface area contributed by atoms with Gasteiger partial charge in [-0.2, -0.15) is 0 Å². The van der Waals surface area contributed by atoms with Gasteiger partial charge in [0.25, 0.3) is 11.7 Å². The number of Topliss-reactive ketones (excluding diaryl/α,β-unsaturated/α-hetero) is 1. The number of benzene rings is 1. The molecule has 152 valence electrons. The van der Waals surface area contributed by atoms with Crippen LogP contribution in [0.25, 0.3) is 5.76 Å². The Morgan fingerprint density at radius 2 is 1.93 bits per heavy atom. The number of carbonyl (C=O) groups is 2. The van der Waals surface area contributed by atoms with Gasteiger partial charge in [0.1, 0.15) is 11.5 Å². The van der Waals surface area contributed by atoms with E-state index in [1.54, 1.807) is 18.2 Å². The number of aliphatic hydroxyl groups excluding tert-OH is 1. The zero-order valence-electron chi connectivity index (χ0n) is 16.5. The lowest BCUT2D eigenvalue weighted by Crippen LogP contribution is -2.32. The molecular weight excluding hydrogens is 372 g/mol. The van der Waals surface area contributed by atoms with Crippen molar-refractivity contribution in [1.29, 1.82) is 0 Å². The molecule has 1 atom stereocenters. The highest BCUT2D eigenvalue weighted by Gasteiger charge is 2.45. The number of hydrogen-bond donors (Lipinski definition) is 1. The number of hydrogen-bond acceptors (Lipinski definition) is 6. The molecule has 2 aromatic rings. The molecule has 1 amide bonds. The Labute approximate surface area is 169 Å². The molecule has 1 unspecified atom stereocenters. The molecule has 1 aliphatic heterocycles. The molecule has 1 aromatic carbocycles.